The molecule has 2 aliphatic heterocycles. The van der Waals surface area contributed by atoms with Gasteiger partial charge in [0.2, 0.25) is 0 Å². The number of halogens is 1. The standard InChI is InChI=1S/C17H33N3O3S.HI/c1-3-18-16(19-13-17(21)7-12-24-14-17)20-8-5-15(6-9-20)23-11-4-10-22-2;/h15,21H,3-14H2,1-2H3,(H,18,19);1H. The van der Waals surface area contributed by atoms with E-state index in [9.17, 15) is 5.11 Å². The van der Waals surface area contributed by atoms with Gasteiger partial charge in [0.15, 0.2) is 5.96 Å². The number of thioether (sulfide) groups is 1. The summed E-state index contributed by atoms with van der Waals surface area (Å²) in [5.74, 6) is 2.77. The fourth-order valence-electron chi connectivity index (χ4n) is 3.06. The van der Waals surface area contributed by atoms with Crippen LogP contribution in [0.1, 0.15) is 32.6 Å². The number of piperidine rings is 1. The maximum Gasteiger partial charge on any atom is 0.194 e. The summed E-state index contributed by atoms with van der Waals surface area (Å²) in [6.07, 6.45) is 4.20. The summed E-state index contributed by atoms with van der Waals surface area (Å²) in [5, 5.41) is 13.9. The first kappa shape index (κ1) is 23.3. The van der Waals surface area contributed by atoms with E-state index in [2.05, 4.69) is 17.1 Å². The van der Waals surface area contributed by atoms with E-state index < -0.39 is 5.60 Å². The fourth-order valence-corrected chi connectivity index (χ4v) is 4.34. The van der Waals surface area contributed by atoms with Gasteiger partial charge < -0.3 is 24.8 Å². The molecule has 0 aromatic carbocycles. The highest BCUT2D eigenvalue weighted by Crippen LogP contribution is 2.28. The van der Waals surface area contributed by atoms with Gasteiger partial charge in [-0.25, -0.2) is 0 Å². The Morgan fingerprint density at radius 3 is 2.72 bits per heavy atom. The van der Waals surface area contributed by atoms with Crippen LogP contribution in [0.4, 0.5) is 0 Å². The van der Waals surface area contributed by atoms with Gasteiger partial charge in [-0.1, -0.05) is 0 Å². The minimum Gasteiger partial charge on any atom is -0.387 e. The number of nitrogens with zero attached hydrogens (tertiary/aromatic N) is 2. The third kappa shape index (κ3) is 8.19. The van der Waals surface area contributed by atoms with E-state index in [1.54, 1.807) is 7.11 Å². The smallest absolute Gasteiger partial charge is 0.194 e. The number of rotatable bonds is 8. The van der Waals surface area contributed by atoms with Crippen LogP contribution in [-0.4, -0.2) is 85.7 Å². The molecule has 2 N–H and O–H groups in total. The number of nitrogens with one attached hydrogen (secondary N) is 1. The second-order valence-electron chi connectivity index (χ2n) is 6.60. The van der Waals surface area contributed by atoms with Crippen molar-refractivity contribution >= 4 is 41.7 Å². The minimum atomic E-state index is -0.617. The Labute approximate surface area is 173 Å². The molecule has 148 valence electrons. The number of aliphatic imine (C=N–C) groups is 1. The highest BCUT2D eigenvalue weighted by Gasteiger charge is 2.32. The molecule has 2 rings (SSSR count). The van der Waals surface area contributed by atoms with Crippen LogP contribution in [0, 0.1) is 0 Å². The lowest BCUT2D eigenvalue weighted by Crippen LogP contribution is -2.48. The zero-order chi connectivity index (χ0) is 17.3. The van der Waals surface area contributed by atoms with Crippen LogP contribution < -0.4 is 5.32 Å². The molecule has 0 aromatic rings. The highest BCUT2D eigenvalue weighted by atomic mass is 127. The lowest BCUT2D eigenvalue weighted by atomic mass is 10.0. The third-order valence-corrected chi connectivity index (χ3v) is 5.76. The van der Waals surface area contributed by atoms with Crippen molar-refractivity contribution in [1.29, 1.82) is 0 Å². The molecule has 0 aliphatic carbocycles. The fraction of sp³-hybridized carbons (Fsp3) is 0.941. The largest absolute Gasteiger partial charge is 0.387 e. The topological polar surface area (TPSA) is 66.3 Å². The molecule has 0 amide bonds. The Morgan fingerprint density at radius 2 is 2.12 bits per heavy atom. The number of hydrogen-bond donors (Lipinski definition) is 2. The molecule has 6 nitrogen and oxygen atoms in total. The zero-order valence-corrected chi connectivity index (χ0v) is 18.7. The lowest BCUT2D eigenvalue weighted by Gasteiger charge is -2.34. The minimum absolute atomic E-state index is 0. The van der Waals surface area contributed by atoms with Gasteiger partial charge in [-0.15, -0.1) is 24.0 Å². The van der Waals surface area contributed by atoms with Crippen molar-refractivity contribution in [3.63, 3.8) is 0 Å². The summed E-state index contributed by atoms with van der Waals surface area (Å²) < 4.78 is 11.0. The van der Waals surface area contributed by atoms with Crippen LogP contribution >= 0.6 is 35.7 Å². The normalized spacial score (nSPS) is 25.1. The third-order valence-electron chi connectivity index (χ3n) is 4.53. The summed E-state index contributed by atoms with van der Waals surface area (Å²) in [4.78, 5) is 7.01. The summed E-state index contributed by atoms with van der Waals surface area (Å²) in [7, 11) is 1.72. The number of likely N-dealkylation sites (tertiary alicyclic amines) is 1. The average molecular weight is 487 g/mol. The summed E-state index contributed by atoms with van der Waals surface area (Å²) in [5.41, 5.74) is -0.617. The van der Waals surface area contributed by atoms with Crippen LogP contribution in [0.2, 0.25) is 0 Å². The molecule has 0 saturated carbocycles. The first-order chi connectivity index (χ1) is 11.7. The summed E-state index contributed by atoms with van der Waals surface area (Å²) >= 11 is 1.81. The molecule has 2 fully saturated rings. The van der Waals surface area contributed by atoms with Gasteiger partial charge in [-0.2, -0.15) is 11.8 Å². The Kier molecular flexibility index (Phi) is 11.7. The number of hydrogen-bond acceptors (Lipinski definition) is 5. The zero-order valence-electron chi connectivity index (χ0n) is 15.5. The van der Waals surface area contributed by atoms with Crippen LogP contribution in [0.15, 0.2) is 4.99 Å². The Balaban J connectivity index is 0.00000312. The van der Waals surface area contributed by atoms with Crippen molar-refractivity contribution in [3.8, 4) is 0 Å². The predicted molar refractivity (Wildman–Crippen MR) is 115 cm³/mol. The average Bonchev–Trinajstić information content (AvgIpc) is 3.03. The molecule has 1 atom stereocenters. The van der Waals surface area contributed by atoms with Crippen molar-refractivity contribution in [3.05, 3.63) is 0 Å². The van der Waals surface area contributed by atoms with Gasteiger partial charge in [0.25, 0.3) is 0 Å². The van der Waals surface area contributed by atoms with Crippen LogP contribution in [0.25, 0.3) is 0 Å². The molecular weight excluding hydrogens is 453 g/mol. The molecule has 25 heavy (non-hydrogen) atoms. The maximum absolute atomic E-state index is 10.5. The van der Waals surface area contributed by atoms with Crippen molar-refractivity contribution in [2.75, 3.05) is 58.0 Å². The van der Waals surface area contributed by atoms with Crippen molar-refractivity contribution in [2.24, 2.45) is 4.99 Å². The van der Waals surface area contributed by atoms with E-state index in [-0.39, 0.29) is 24.0 Å². The van der Waals surface area contributed by atoms with Crippen molar-refractivity contribution in [1.82, 2.24) is 10.2 Å². The number of guanidine groups is 1. The highest BCUT2D eigenvalue weighted by molar-refractivity contribution is 14.0. The number of methoxy groups -OCH3 is 1. The van der Waals surface area contributed by atoms with Crippen LogP contribution in [-0.2, 0) is 9.47 Å². The Morgan fingerprint density at radius 1 is 1.36 bits per heavy atom. The Bertz CT molecular complexity index is 387. The van der Waals surface area contributed by atoms with Gasteiger partial charge in [-0.3, -0.25) is 4.99 Å². The molecule has 0 spiro atoms. The van der Waals surface area contributed by atoms with Crippen molar-refractivity contribution < 1.29 is 14.6 Å². The van der Waals surface area contributed by atoms with Gasteiger partial charge in [-0.05, 0) is 38.4 Å². The second-order valence-corrected chi connectivity index (χ2v) is 7.71. The lowest BCUT2D eigenvalue weighted by molar-refractivity contribution is 0.00975. The molecule has 0 aromatic heterocycles. The van der Waals surface area contributed by atoms with Crippen molar-refractivity contribution in [2.45, 2.75) is 44.3 Å². The molecule has 0 radical (unpaired) electrons. The van der Waals surface area contributed by atoms with E-state index in [1.807, 2.05) is 11.8 Å². The van der Waals surface area contributed by atoms with E-state index in [1.165, 1.54) is 0 Å². The van der Waals surface area contributed by atoms with E-state index in [4.69, 9.17) is 14.5 Å². The number of aliphatic hydroxyl groups is 1. The van der Waals surface area contributed by atoms with Gasteiger partial charge in [0.1, 0.15) is 0 Å². The van der Waals surface area contributed by atoms with Gasteiger partial charge in [0, 0.05) is 45.7 Å². The monoisotopic (exact) mass is 487 g/mol. The second kappa shape index (κ2) is 12.6. The molecule has 2 saturated heterocycles. The molecule has 0 bridgehead atoms. The maximum atomic E-state index is 10.5. The quantitative estimate of drug-likeness (QED) is 0.236. The predicted octanol–water partition coefficient (Wildman–Crippen LogP) is 1.96. The first-order valence-corrected chi connectivity index (χ1v) is 10.3. The molecule has 1 unspecified atom stereocenters. The summed E-state index contributed by atoms with van der Waals surface area (Å²) in [6, 6.07) is 0. The molecule has 2 heterocycles. The van der Waals surface area contributed by atoms with E-state index >= 15 is 0 Å². The summed E-state index contributed by atoms with van der Waals surface area (Å²) in [6.45, 7) is 6.87. The van der Waals surface area contributed by atoms with Gasteiger partial charge in [0.05, 0.1) is 18.2 Å². The van der Waals surface area contributed by atoms with E-state index in [0.29, 0.717) is 12.6 Å². The number of ether oxygens (including phenoxy) is 2. The van der Waals surface area contributed by atoms with E-state index in [0.717, 1.165) is 76.0 Å². The first-order valence-electron chi connectivity index (χ1n) is 9.11. The van der Waals surface area contributed by atoms with Crippen LogP contribution in [0.3, 0.4) is 0 Å². The van der Waals surface area contributed by atoms with Crippen LogP contribution in [0.5, 0.6) is 0 Å². The SMILES string of the molecule is CCNC(=NCC1(O)CCSC1)N1CCC(OCCCOC)CC1.I. The molecule has 8 heteroatoms. The van der Waals surface area contributed by atoms with Gasteiger partial charge >= 0.3 is 0 Å². The molecular formula is C17H34IN3O3S. The Hall–Kier alpha value is 0.230. The molecule has 2 aliphatic rings.